The van der Waals surface area contributed by atoms with Gasteiger partial charge in [-0.3, -0.25) is 9.59 Å². The van der Waals surface area contributed by atoms with Crippen molar-refractivity contribution in [3.63, 3.8) is 0 Å². The Kier molecular flexibility index (Phi) is 11.1. The summed E-state index contributed by atoms with van der Waals surface area (Å²) in [5.74, 6) is 0.795. The molecule has 0 spiro atoms. The van der Waals surface area contributed by atoms with E-state index in [4.69, 9.17) is 11.6 Å². The summed E-state index contributed by atoms with van der Waals surface area (Å²) in [6.45, 7) is 8.46. The van der Waals surface area contributed by atoms with E-state index in [-0.39, 0.29) is 30.2 Å². The lowest BCUT2D eigenvalue weighted by atomic mass is 10.0. The number of aryl methyl sites for hydroxylation is 2. The Balaban J connectivity index is 1.87. The van der Waals surface area contributed by atoms with Gasteiger partial charge in [0.05, 0.1) is 5.75 Å². The van der Waals surface area contributed by atoms with Crippen LogP contribution in [0.1, 0.15) is 48.1 Å². The van der Waals surface area contributed by atoms with Crippen LogP contribution >= 0.6 is 23.4 Å². The molecule has 0 aliphatic heterocycles. The highest BCUT2D eigenvalue weighted by Crippen LogP contribution is 2.23. The summed E-state index contributed by atoms with van der Waals surface area (Å²) in [6, 6.07) is 23.2. The van der Waals surface area contributed by atoms with Crippen LogP contribution in [0.25, 0.3) is 0 Å². The molecule has 3 rings (SSSR count). The van der Waals surface area contributed by atoms with E-state index in [1.165, 1.54) is 16.7 Å². The molecule has 0 fully saturated rings. The molecule has 0 aromatic heterocycles. The van der Waals surface area contributed by atoms with Crippen LogP contribution in [0, 0.1) is 13.8 Å². The highest BCUT2D eigenvalue weighted by atomic mass is 35.5. The van der Waals surface area contributed by atoms with E-state index in [0.29, 0.717) is 11.4 Å². The molecule has 2 amide bonds. The van der Waals surface area contributed by atoms with Gasteiger partial charge in [-0.2, -0.15) is 0 Å². The number of nitrogens with zero attached hydrogens (tertiary/aromatic N) is 1. The molecule has 196 valence electrons. The second kappa shape index (κ2) is 14.3. The zero-order valence-corrected chi connectivity index (χ0v) is 23.7. The third-order valence-corrected chi connectivity index (χ3v) is 7.70. The Morgan fingerprint density at radius 3 is 2.24 bits per heavy atom. The van der Waals surface area contributed by atoms with Gasteiger partial charge in [0, 0.05) is 29.8 Å². The van der Waals surface area contributed by atoms with Crippen LogP contribution in [0.4, 0.5) is 0 Å². The topological polar surface area (TPSA) is 49.4 Å². The third kappa shape index (κ3) is 8.94. The molecule has 1 N–H and O–H groups in total. The van der Waals surface area contributed by atoms with Crippen molar-refractivity contribution in [2.75, 3.05) is 5.75 Å². The number of thioether (sulfide) groups is 1. The van der Waals surface area contributed by atoms with Crippen molar-refractivity contribution in [3.05, 3.63) is 106 Å². The van der Waals surface area contributed by atoms with Crippen molar-refractivity contribution in [2.45, 2.75) is 64.9 Å². The van der Waals surface area contributed by atoms with Crippen LogP contribution in [0.15, 0.2) is 72.8 Å². The van der Waals surface area contributed by atoms with Crippen LogP contribution in [0.5, 0.6) is 0 Å². The number of carbonyl (C=O) groups is 2. The van der Waals surface area contributed by atoms with Gasteiger partial charge >= 0.3 is 0 Å². The minimum Gasteiger partial charge on any atom is -0.352 e. The normalized spacial score (nSPS) is 12.6. The molecule has 0 saturated heterocycles. The standard InChI is InChI=1S/C31H37ClN2O2S/c1-5-24(4)33-31(36)29(18-25-11-7-6-8-12-25)34(19-27-13-9-10-14-28(27)32)30(35)21-37-20-26-16-22(2)15-23(3)17-26/h6-17,24,29H,5,18-21H2,1-4H3,(H,33,36)/t24-,29-/m1/s1. The molecule has 0 unspecified atom stereocenters. The van der Waals surface area contributed by atoms with Gasteiger partial charge in [0.15, 0.2) is 0 Å². The number of hydrogen-bond donors (Lipinski definition) is 1. The van der Waals surface area contributed by atoms with Gasteiger partial charge in [-0.25, -0.2) is 0 Å². The van der Waals surface area contributed by atoms with E-state index < -0.39 is 6.04 Å². The first-order valence-electron chi connectivity index (χ1n) is 12.8. The summed E-state index contributed by atoms with van der Waals surface area (Å²) in [7, 11) is 0. The molecule has 0 radical (unpaired) electrons. The monoisotopic (exact) mass is 536 g/mol. The first-order valence-corrected chi connectivity index (χ1v) is 14.3. The number of carbonyl (C=O) groups excluding carboxylic acids is 2. The van der Waals surface area contributed by atoms with Gasteiger partial charge in [-0.05, 0) is 49.9 Å². The van der Waals surface area contributed by atoms with Crippen molar-refractivity contribution in [2.24, 2.45) is 0 Å². The summed E-state index contributed by atoms with van der Waals surface area (Å²) in [4.78, 5) is 29.0. The zero-order valence-electron chi connectivity index (χ0n) is 22.2. The second-order valence-electron chi connectivity index (χ2n) is 9.63. The molecular weight excluding hydrogens is 500 g/mol. The Bertz CT molecular complexity index is 1160. The van der Waals surface area contributed by atoms with Crippen molar-refractivity contribution < 1.29 is 9.59 Å². The fourth-order valence-electron chi connectivity index (χ4n) is 4.30. The van der Waals surface area contributed by atoms with Crippen LogP contribution in [-0.2, 0) is 28.3 Å². The van der Waals surface area contributed by atoms with Crippen molar-refractivity contribution >= 4 is 35.2 Å². The average molecular weight is 537 g/mol. The molecule has 0 heterocycles. The number of rotatable bonds is 12. The van der Waals surface area contributed by atoms with E-state index in [1.807, 2.05) is 68.4 Å². The quantitative estimate of drug-likeness (QED) is 0.279. The Morgan fingerprint density at radius 2 is 1.59 bits per heavy atom. The predicted molar refractivity (Wildman–Crippen MR) is 156 cm³/mol. The van der Waals surface area contributed by atoms with Crippen molar-refractivity contribution in [1.82, 2.24) is 10.2 Å². The van der Waals surface area contributed by atoms with Crippen LogP contribution in [-0.4, -0.2) is 34.6 Å². The van der Waals surface area contributed by atoms with Crippen molar-refractivity contribution in [3.8, 4) is 0 Å². The van der Waals surface area contributed by atoms with Gasteiger partial charge in [0.2, 0.25) is 11.8 Å². The zero-order chi connectivity index (χ0) is 26.8. The van der Waals surface area contributed by atoms with Gasteiger partial charge in [0.25, 0.3) is 0 Å². The van der Waals surface area contributed by atoms with E-state index in [2.05, 4.69) is 37.4 Å². The molecule has 3 aromatic rings. The summed E-state index contributed by atoms with van der Waals surface area (Å²) in [6.07, 6.45) is 1.25. The molecule has 3 aromatic carbocycles. The van der Waals surface area contributed by atoms with E-state index in [9.17, 15) is 9.59 Å². The average Bonchev–Trinajstić information content (AvgIpc) is 2.87. The Hall–Kier alpha value is -2.76. The van der Waals surface area contributed by atoms with Crippen LogP contribution in [0.2, 0.25) is 5.02 Å². The summed E-state index contributed by atoms with van der Waals surface area (Å²) < 4.78 is 0. The smallest absolute Gasteiger partial charge is 0.243 e. The third-order valence-electron chi connectivity index (χ3n) is 6.35. The molecule has 0 aliphatic rings. The largest absolute Gasteiger partial charge is 0.352 e. The maximum Gasteiger partial charge on any atom is 0.243 e. The van der Waals surface area contributed by atoms with Gasteiger partial charge in [-0.15, -0.1) is 11.8 Å². The maximum absolute atomic E-state index is 13.8. The second-order valence-corrected chi connectivity index (χ2v) is 11.0. The predicted octanol–water partition coefficient (Wildman–Crippen LogP) is 6.74. The molecule has 0 bridgehead atoms. The van der Waals surface area contributed by atoms with Gasteiger partial charge < -0.3 is 10.2 Å². The molecule has 0 saturated carbocycles. The highest BCUT2D eigenvalue weighted by molar-refractivity contribution is 7.99. The summed E-state index contributed by atoms with van der Waals surface area (Å²) in [5, 5.41) is 3.69. The molecular formula is C31H37ClN2O2S. The lowest BCUT2D eigenvalue weighted by Crippen LogP contribution is -2.52. The number of hydrogen-bond acceptors (Lipinski definition) is 3. The fraction of sp³-hybridized carbons (Fsp3) is 0.355. The Morgan fingerprint density at radius 1 is 0.946 bits per heavy atom. The minimum atomic E-state index is -0.651. The molecule has 4 nitrogen and oxygen atoms in total. The van der Waals surface area contributed by atoms with E-state index in [0.717, 1.165) is 23.3 Å². The number of benzene rings is 3. The number of halogens is 1. The van der Waals surface area contributed by atoms with Gasteiger partial charge in [-0.1, -0.05) is 96.4 Å². The first-order chi connectivity index (χ1) is 17.8. The lowest BCUT2D eigenvalue weighted by Gasteiger charge is -2.32. The molecule has 2 atom stereocenters. The SMILES string of the molecule is CC[C@@H](C)NC(=O)[C@@H](Cc1ccccc1)N(Cc1ccccc1Cl)C(=O)CSCc1cc(C)cc(C)c1. The van der Waals surface area contributed by atoms with Crippen LogP contribution < -0.4 is 5.32 Å². The number of nitrogens with one attached hydrogen (secondary N) is 1. The van der Waals surface area contributed by atoms with Crippen LogP contribution in [0.3, 0.4) is 0 Å². The van der Waals surface area contributed by atoms with Crippen molar-refractivity contribution in [1.29, 1.82) is 0 Å². The van der Waals surface area contributed by atoms with E-state index in [1.54, 1.807) is 16.7 Å². The first kappa shape index (κ1) is 28.8. The number of amides is 2. The highest BCUT2D eigenvalue weighted by Gasteiger charge is 2.31. The molecule has 37 heavy (non-hydrogen) atoms. The summed E-state index contributed by atoms with van der Waals surface area (Å²) >= 11 is 8.07. The minimum absolute atomic E-state index is 0.0157. The molecule has 0 aliphatic carbocycles. The lowest BCUT2D eigenvalue weighted by molar-refractivity contribution is -0.139. The van der Waals surface area contributed by atoms with Gasteiger partial charge in [0.1, 0.15) is 6.04 Å². The fourth-order valence-corrected chi connectivity index (χ4v) is 5.34. The maximum atomic E-state index is 13.8. The summed E-state index contributed by atoms with van der Waals surface area (Å²) in [5.41, 5.74) is 5.46. The van der Waals surface area contributed by atoms with E-state index >= 15 is 0 Å². The Labute approximate surface area is 230 Å². The molecule has 6 heteroatoms.